The lowest BCUT2D eigenvalue weighted by atomic mass is 10.1. The highest BCUT2D eigenvalue weighted by Crippen LogP contribution is 2.39. The van der Waals surface area contributed by atoms with Gasteiger partial charge in [0.25, 0.3) is 5.91 Å². The number of anilines is 1. The molecule has 2 aromatic rings. The molecule has 2 N–H and O–H groups in total. The summed E-state index contributed by atoms with van der Waals surface area (Å²) in [4.78, 5) is 30.1. The van der Waals surface area contributed by atoms with E-state index in [1.807, 2.05) is 26.0 Å². The van der Waals surface area contributed by atoms with E-state index in [9.17, 15) is 9.59 Å². The molecule has 0 saturated carbocycles. The fraction of sp³-hybridized carbons (Fsp3) is 0.389. The van der Waals surface area contributed by atoms with E-state index >= 15 is 0 Å². The van der Waals surface area contributed by atoms with Gasteiger partial charge >= 0.3 is 0 Å². The Morgan fingerprint density at radius 1 is 1.33 bits per heavy atom. The van der Waals surface area contributed by atoms with Gasteiger partial charge in [-0.15, -0.1) is 11.3 Å². The lowest BCUT2D eigenvalue weighted by molar-refractivity contribution is -0.118. The molecule has 0 atom stereocenters. The highest BCUT2D eigenvalue weighted by Gasteiger charge is 2.27. The summed E-state index contributed by atoms with van der Waals surface area (Å²) in [6.07, 6.45) is 6.40. The summed E-state index contributed by atoms with van der Waals surface area (Å²) >= 11 is 1.54. The van der Waals surface area contributed by atoms with E-state index in [1.54, 1.807) is 12.4 Å². The fourth-order valence-corrected chi connectivity index (χ4v) is 4.05. The van der Waals surface area contributed by atoms with Crippen molar-refractivity contribution in [2.24, 2.45) is 5.92 Å². The second-order valence-corrected chi connectivity index (χ2v) is 7.35. The lowest BCUT2D eigenvalue weighted by Gasteiger charge is -2.10. The van der Waals surface area contributed by atoms with Crippen LogP contribution in [0, 0.1) is 5.92 Å². The number of carbonyl (C=O) groups excluding carboxylic acids is 2. The summed E-state index contributed by atoms with van der Waals surface area (Å²) in [5.41, 5.74) is 2.69. The van der Waals surface area contributed by atoms with Crippen LogP contribution in [0.3, 0.4) is 0 Å². The number of thiophene rings is 1. The number of hydrogen-bond donors (Lipinski definition) is 2. The number of hydrogen-bond acceptors (Lipinski definition) is 4. The molecule has 2 aromatic heterocycles. The maximum Gasteiger partial charge on any atom is 0.254 e. The van der Waals surface area contributed by atoms with Gasteiger partial charge in [0.1, 0.15) is 5.00 Å². The molecule has 0 saturated heterocycles. The van der Waals surface area contributed by atoms with Gasteiger partial charge in [0, 0.05) is 29.7 Å². The van der Waals surface area contributed by atoms with Crippen LogP contribution in [0.2, 0.25) is 0 Å². The predicted octanol–water partition coefficient (Wildman–Crippen LogP) is 3.16. The first-order chi connectivity index (χ1) is 11.6. The summed E-state index contributed by atoms with van der Waals surface area (Å²) in [7, 11) is 0. The second-order valence-electron chi connectivity index (χ2n) is 6.25. The number of pyridine rings is 1. The number of rotatable bonds is 5. The first-order valence-electron chi connectivity index (χ1n) is 8.18. The third-order valence-corrected chi connectivity index (χ3v) is 5.29. The Hall–Kier alpha value is -2.21. The number of fused-ring (bicyclic) bond motifs is 1. The predicted molar refractivity (Wildman–Crippen MR) is 95.2 cm³/mol. The van der Waals surface area contributed by atoms with Gasteiger partial charge in [-0.05, 0) is 36.5 Å². The van der Waals surface area contributed by atoms with Crippen LogP contribution in [-0.4, -0.2) is 16.8 Å². The van der Waals surface area contributed by atoms with Crippen molar-refractivity contribution in [3.8, 4) is 0 Å². The molecule has 0 aliphatic heterocycles. The van der Waals surface area contributed by atoms with Crippen molar-refractivity contribution in [1.29, 1.82) is 0 Å². The fourth-order valence-electron chi connectivity index (χ4n) is 2.76. The molecule has 2 amide bonds. The number of aryl methyl sites for hydroxylation is 1. The van der Waals surface area contributed by atoms with Gasteiger partial charge in [-0.25, -0.2) is 0 Å². The molecule has 0 spiro atoms. The molecule has 6 heteroatoms. The summed E-state index contributed by atoms with van der Waals surface area (Å²) in [6, 6.07) is 3.77. The van der Waals surface area contributed by atoms with Gasteiger partial charge < -0.3 is 10.6 Å². The SMILES string of the molecule is CC(C)C(=O)Nc1sc2c(c1C(=O)NCc1cccnc1)CCC2. The van der Waals surface area contributed by atoms with Crippen molar-refractivity contribution in [3.05, 3.63) is 46.1 Å². The Labute approximate surface area is 145 Å². The highest BCUT2D eigenvalue weighted by atomic mass is 32.1. The average Bonchev–Trinajstić information content (AvgIpc) is 3.14. The normalized spacial score (nSPS) is 13.0. The van der Waals surface area contributed by atoms with E-state index in [0.29, 0.717) is 17.1 Å². The largest absolute Gasteiger partial charge is 0.348 e. The van der Waals surface area contributed by atoms with Gasteiger partial charge in [0.15, 0.2) is 0 Å². The van der Waals surface area contributed by atoms with Crippen molar-refractivity contribution in [1.82, 2.24) is 10.3 Å². The summed E-state index contributed by atoms with van der Waals surface area (Å²) < 4.78 is 0. The molecule has 0 bridgehead atoms. The van der Waals surface area contributed by atoms with Crippen molar-refractivity contribution >= 4 is 28.2 Å². The number of aromatic nitrogens is 1. The zero-order valence-corrected chi connectivity index (χ0v) is 14.7. The first kappa shape index (κ1) is 16.6. The van der Waals surface area contributed by atoms with Crippen molar-refractivity contribution in [2.75, 3.05) is 5.32 Å². The molecular formula is C18H21N3O2S. The molecule has 0 fully saturated rings. The number of nitrogens with one attached hydrogen (secondary N) is 2. The topological polar surface area (TPSA) is 71.1 Å². The number of nitrogens with zero attached hydrogens (tertiary/aromatic N) is 1. The first-order valence-corrected chi connectivity index (χ1v) is 9.00. The average molecular weight is 343 g/mol. The number of amides is 2. The van der Waals surface area contributed by atoms with Crippen LogP contribution in [0.25, 0.3) is 0 Å². The molecule has 0 radical (unpaired) electrons. The third-order valence-electron chi connectivity index (χ3n) is 4.09. The zero-order chi connectivity index (χ0) is 17.1. The van der Waals surface area contributed by atoms with Gasteiger partial charge in [0.05, 0.1) is 5.56 Å². The molecule has 2 heterocycles. The second kappa shape index (κ2) is 7.13. The maximum atomic E-state index is 12.7. The van der Waals surface area contributed by atoms with Gasteiger partial charge in [0.2, 0.25) is 5.91 Å². The van der Waals surface area contributed by atoms with E-state index in [1.165, 1.54) is 16.2 Å². The Kier molecular flexibility index (Phi) is 4.94. The van der Waals surface area contributed by atoms with E-state index in [0.717, 1.165) is 30.4 Å². The third kappa shape index (κ3) is 3.48. The molecule has 0 aromatic carbocycles. The minimum absolute atomic E-state index is 0.0590. The minimum atomic E-state index is -0.127. The molecule has 126 valence electrons. The maximum absolute atomic E-state index is 12.7. The molecule has 5 nitrogen and oxygen atoms in total. The zero-order valence-electron chi connectivity index (χ0n) is 13.9. The van der Waals surface area contributed by atoms with E-state index in [2.05, 4.69) is 15.6 Å². The molecule has 3 rings (SSSR count). The van der Waals surface area contributed by atoms with Crippen LogP contribution in [0.5, 0.6) is 0 Å². The van der Waals surface area contributed by atoms with Gasteiger partial charge in [-0.1, -0.05) is 19.9 Å². The Balaban J connectivity index is 1.80. The lowest BCUT2D eigenvalue weighted by Crippen LogP contribution is -2.25. The van der Waals surface area contributed by atoms with Gasteiger partial charge in [-0.3, -0.25) is 14.6 Å². The van der Waals surface area contributed by atoms with Crippen LogP contribution >= 0.6 is 11.3 Å². The Bertz CT molecular complexity index is 753. The Morgan fingerprint density at radius 3 is 2.88 bits per heavy atom. The van der Waals surface area contributed by atoms with Crippen LogP contribution in [-0.2, 0) is 24.2 Å². The van der Waals surface area contributed by atoms with Crippen LogP contribution < -0.4 is 10.6 Å². The van der Waals surface area contributed by atoms with E-state index < -0.39 is 0 Å². The van der Waals surface area contributed by atoms with Crippen LogP contribution in [0.1, 0.15) is 46.6 Å². The summed E-state index contributed by atoms with van der Waals surface area (Å²) in [6.45, 7) is 4.12. The van der Waals surface area contributed by atoms with Crippen molar-refractivity contribution in [3.63, 3.8) is 0 Å². The standard InChI is InChI=1S/C18H21N3O2S/c1-11(2)16(22)21-18-15(13-6-3-7-14(13)24-18)17(23)20-10-12-5-4-8-19-9-12/h4-5,8-9,11H,3,6-7,10H2,1-2H3,(H,20,23)(H,21,22). The molecular weight excluding hydrogens is 322 g/mol. The molecule has 1 aliphatic rings. The highest BCUT2D eigenvalue weighted by molar-refractivity contribution is 7.17. The van der Waals surface area contributed by atoms with Crippen molar-refractivity contribution in [2.45, 2.75) is 39.7 Å². The number of carbonyl (C=O) groups is 2. The van der Waals surface area contributed by atoms with E-state index in [-0.39, 0.29) is 17.7 Å². The molecule has 1 aliphatic carbocycles. The Morgan fingerprint density at radius 2 is 2.17 bits per heavy atom. The van der Waals surface area contributed by atoms with Crippen molar-refractivity contribution < 1.29 is 9.59 Å². The summed E-state index contributed by atoms with van der Waals surface area (Å²) in [5, 5.41) is 6.56. The smallest absolute Gasteiger partial charge is 0.254 e. The molecule has 0 unspecified atom stereocenters. The van der Waals surface area contributed by atoms with Crippen LogP contribution in [0.15, 0.2) is 24.5 Å². The minimum Gasteiger partial charge on any atom is -0.348 e. The monoisotopic (exact) mass is 343 g/mol. The van der Waals surface area contributed by atoms with Crippen LogP contribution in [0.4, 0.5) is 5.00 Å². The van der Waals surface area contributed by atoms with E-state index in [4.69, 9.17) is 0 Å². The molecule has 24 heavy (non-hydrogen) atoms. The quantitative estimate of drug-likeness (QED) is 0.876. The van der Waals surface area contributed by atoms with Gasteiger partial charge in [-0.2, -0.15) is 0 Å². The summed E-state index contributed by atoms with van der Waals surface area (Å²) in [5.74, 6) is -0.304.